The number of likely N-dealkylation sites (tertiary alicyclic amines) is 1. The van der Waals surface area contributed by atoms with Crippen LogP contribution in [0.3, 0.4) is 0 Å². The summed E-state index contributed by atoms with van der Waals surface area (Å²) >= 11 is 0. The van der Waals surface area contributed by atoms with Crippen LogP contribution in [0.5, 0.6) is 11.5 Å². The molecular weight excluding hydrogens is 302 g/mol. The first kappa shape index (κ1) is 16.8. The van der Waals surface area contributed by atoms with Crippen LogP contribution in [-0.4, -0.2) is 31.4 Å². The number of nitrogens with one attached hydrogen (secondary N) is 1. The van der Waals surface area contributed by atoms with E-state index < -0.39 is 0 Å². The predicted octanol–water partition coefficient (Wildman–Crippen LogP) is 1.81. The monoisotopic (exact) mass is 328 g/mol. The highest BCUT2D eigenvalue weighted by atomic mass is 16.5. The molecule has 1 aliphatic rings. The molecule has 0 spiro atoms. The molecule has 0 saturated carbocycles. The van der Waals surface area contributed by atoms with E-state index >= 15 is 0 Å². The fourth-order valence-corrected chi connectivity index (χ4v) is 3.25. The van der Waals surface area contributed by atoms with Gasteiger partial charge in [0.2, 0.25) is 0 Å². The normalized spacial score (nSPS) is 20.6. The van der Waals surface area contributed by atoms with Gasteiger partial charge in [-0.15, -0.1) is 0 Å². The zero-order chi connectivity index (χ0) is 16.8. The van der Waals surface area contributed by atoms with Crippen molar-refractivity contribution in [3.05, 3.63) is 59.7 Å². The third kappa shape index (κ3) is 4.49. The molecule has 1 fully saturated rings. The molecule has 2 atom stereocenters. The van der Waals surface area contributed by atoms with Crippen molar-refractivity contribution in [1.82, 2.24) is 0 Å². The van der Waals surface area contributed by atoms with Crippen LogP contribution in [0.15, 0.2) is 48.5 Å². The van der Waals surface area contributed by atoms with Crippen molar-refractivity contribution in [2.45, 2.75) is 32.1 Å². The van der Waals surface area contributed by atoms with Gasteiger partial charge >= 0.3 is 0 Å². The first-order valence-electron chi connectivity index (χ1n) is 8.60. The van der Waals surface area contributed by atoms with Gasteiger partial charge in [-0.3, -0.25) is 0 Å². The molecule has 0 bridgehead atoms. The van der Waals surface area contributed by atoms with E-state index in [4.69, 9.17) is 9.47 Å². The number of quaternary nitrogens is 1. The number of methoxy groups -OCH3 is 1. The minimum absolute atomic E-state index is 0.163. The Labute approximate surface area is 143 Å². The maximum atomic E-state index is 9.82. The molecule has 3 rings (SSSR count). The minimum Gasteiger partial charge on any atom is -0.493 e. The lowest BCUT2D eigenvalue weighted by molar-refractivity contribution is -0.921. The van der Waals surface area contributed by atoms with E-state index in [9.17, 15) is 5.11 Å². The summed E-state index contributed by atoms with van der Waals surface area (Å²) in [5.74, 6) is 1.53. The number of ether oxygens (including phenoxy) is 2. The smallest absolute Gasteiger partial charge is 0.161 e. The summed E-state index contributed by atoms with van der Waals surface area (Å²) in [5, 5.41) is 9.82. The number of hydrogen-bond acceptors (Lipinski definition) is 3. The van der Waals surface area contributed by atoms with Crippen molar-refractivity contribution in [2.24, 2.45) is 0 Å². The van der Waals surface area contributed by atoms with Gasteiger partial charge in [-0.2, -0.15) is 0 Å². The van der Waals surface area contributed by atoms with Gasteiger partial charge in [-0.25, -0.2) is 0 Å². The lowest BCUT2D eigenvalue weighted by Gasteiger charge is -2.27. The van der Waals surface area contributed by atoms with Gasteiger partial charge in [0.15, 0.2) is 11.5 Å². The Morgan fingerprint density at radius 2 is 1.92 bits per heavy atom. The van der Waals surface area contributed by atoms with E-state index in [2.05, 4.69) is 6.07 Å². The van der Waals surface area contributed by atoms with E-state index in [0.717, 1.165) is 49.5 Å². The van der Waals surface area contributed by atoms with E-state index in [1.54, 1.807) is 7.11 Å². The molecule has 0 radical (unpaired) electrons. The Bertz CT molecular complexity index is 645. The second-order valence-electron chi connectivity index (χ2n) is 6.44. The fourth-order valence-electron chi connectivity index (χ4n) is 3.25. The van der Waals surface area contributed by atoms with E-state index in [0.29, 0.717) is 6.61 Å². The van der Waals surface area contributed by atoms with Gasteiger partial charge in [0.05, 0.1) is 13.7 Å². The summed E-state index contributed by atoms with van der Waals surface area (Å²) in [4.78, 5) is 1.42. The van der Waals surface area contributed by atoms with E-state index in [-0.39, 0.29) is 6.10 Å². The van der Waals surface area contributed by atoms with Crippen LogP contribution in [0.2, 0.25) is 0 Å². The van der Waals surface area contributed by atoms with Crippen molar-refractivity contribution >= 4 is 0 Å². The van der Waals surface area contributed by atoms with Gasteiger partial charge in [0.25, 0.3) is 0 Å². The second kappa shape index (κ2) is 8.18. The maximum Gasteiger partial charge on any atom is 0.161 e. The molecule has 0 aromatic heterocycles. The Morgan fingerprint density at radius 3 is 2.67 bits per heavy atom. The molecule has 2 aromatic carbocycles. The quantitative estimate of drug-likeness (QED) is 0.850. The highest BCUT2D eigenvalue weighted by Crippen LogP contribution is 2.28. The molecule has 1 saturated heterocycles. The lowest BCUT2D eigenvalue weighted by Crippen LogP contribution is -3.12. The van der Waals surface area contributed by atoms with Crippen LogP contribution in [0.1, 0.15) is 24.0 Å². The Hall–Kier alpha value is -2.04. The van der Waals surface area contributed by atoms with Gasteiger partial charge in [0, 0.05) is 5.56 Å². The highest BCUT2D eigenvalue weighted by Gasteiger charge is 2.21. The first-order valence-corrected chi connectivity index (χ1v) is 8.60. The van der Waals surface area contributed by atoms with Crippen LogP contribution in [-0.2, 0) is 13.2 Å². The summed E-state index contributed by atoms with van der Waals surface area (Å²) in [5.41, 5.74) is 2.35. The topological polar surface area (TPSA) is 43.1 Å². The lowest BCUT2D eigenvalue weighted by atomic mass is 10.1. The number of rotatable bonds is 6. The van der Waals surface area contributed by atoms with Crippen LogP contribution >= 0.6 is 0 Å². The molecule has 24 heavy (non-hydrogen) atoms. The SMILES string of the molecule is COc1cc(C[NH+]2CCC[C@@H](O)C2)ccc1OCc1ccccc1. The van der Waals surface area contributed by atoms with Crippen LogP contribution in [0.4, 0.5) is 0 Å². The fraction of sp³-hybridized carbons (Fsp3) is 0.400. The molecule has 0 aliphatic carbocycles. The van der Waals surface area contributed by atoms with E-state index in [1.165, 1.54) is 10.5 Å². The summed E-state index contributed by atoms with van der Waals surface area (Å²) in [7, 11) is 1.67. The Morgan fingerprint density at radius 1 is 1.08 bits per heavy atom. The van der Waals surface area contributed by atoms with Crippen LogP contribution in [0.25, 0.3) is 0 Å². The molecule has 128 valence electrons. The van der Waals surface area contributed by atoms with Crippen molar-refractivity contribution in [3.63, 3.8) is 0 Å². The molecule has 2 N–H and O–H groups in total. The summed E-state index contributed by atoms with van der Waals surface area (Å²) in [6, 6.07) is 16.2. The van der Waals surface area contributed by atoms with Gasteiger partial charge in [-0.1, -0.05) is 30.3 Å². The number of piperidine rings is 1. The predicted molar refractivity (Wildman–Crippen MR) is 93.4 cm³/mol. The van der Waals surface area contributed by atoms with Crippen molar-refractivity contribution in [3.8, 4) is 11.5 Å². The zero-order valence-electron chi connectivity index (χ0n) is 14.2. The van der Waals surface area contributed by atoms with E-state index in [1.807, 2.05) is 42.5 Å². The van der Waals surface area contributed by atoms with Crippen molar-refractivity contribution < 1.29 is 19.5 Å². The standard InChI is InChI=1S/C20H25NO3/c1-23-20-12-17(13-21-11-5-8-18(22)14-21)9-10-19(20)24-15-16-6-3-2-4-7-16/h2-4,6-7,9-10,12,18,22H,5,8,11,13-15H2,1H3/p+1/t18-/m1/s1. The molecule has 2 aromatic rings. The molecule has 4 heteroatoms. The first-order chi connectivity index (χ1) is 11.7. The number of aliphatic hydroxyl groups is 1. The van der Waals surface area contributed by atoms with Crippen molar-refractivity contribution in [1.29, 1.82) is 0 Å². The third-order valence-electron chi connectivity index (χ3n) is 4.51. The molecule has 1 unspecified atom stereocenters. The average Bonchev–Trinajstić information content (AvgIpc) is 2.61. The Balaban J connectivity index is 1.64. The second-order valence-corrected chi connectivity index (χ2v) is 6.44. The van der Waals surface area contributed by atoms with Crippen LogP contribution in [0, 0.1) is 0 Å². The molecular formula is C20H26NO3+. The number of benzene rings is 2. The molecule has 4 nitrogen and oxygen atoms in total. The molecule has 0 amide bonds. The summed E-state index contributed by atoms with van der Waals surface area (Å²) in [6.07, 6.45) is 1.86. The Kier molecular flexibility index (Phi) is 5.72. The zero-order valence-corrected chi connectivity index (χ0v) is 14.2. The van der Waals surface area contributed by atoms with Gasteiger partial charge in [-0.05, 0) is 36.6 Å². The van der Waals surface area contributed by atoms with Crippen LogP contribution < -0.4 is 14.4 Å². The highest BCUT2D eigenvalue weighted by molar-refractivity contribution is 5.42. The largest absolute Gasteiger partial charge is 0.493 e. The summed E-state index contributed by atoms with van der Waals surface area (Å²) in [6.45, 7) is 3.38. The minimum atomic E-state index is -0.163. The maximum absolute atomic E-state index is 9.82. The third-order valence-corrected chi connectivity index (χ3v) is 4.51. The van der Waals surface area contributed by atoms with Crippen molar-refractivity contribution in [2.75, 3.05) is 20.2 Å². The molecule has 1 aliphatic heterocycles. The average molecular weight is 328 g/mol. The van der Waals surface area contributed by atoms with Gasteiger partial charge < -0.3 is 19.5 Å². The molecule has 1 heterocycles. The summed E-state index contributed by atoms with van der Waals surface area (Å²) < 4.78 is 11.4. The van der Waals surface area contributed by atoms with Gasteiger partial charge in [0.1, 0.15) is 25.8 Å². The number of aliphatic hydroxyl groups excluding tert-OH is 1. The number of hydrogen-bond donors (Lipinski definition) is 2.